The summed E-state index contributed by atoms with van der Waals surface area (Å²) >= 11 is 17.8. The van der Waals surface area contributed by atoms with E-state index in [4.69, 9.17) is 44.3 Å². The zero-order valence-corrected chi connectivity index (χ0v) is 13.1. The van der Waals surface area contributed by atoms with Crippen LogP contribution >= 0.6 is 34.8 Å². The van der Waals surface area contributed by atoms with Crippen LogP contribution in [0.5, 0.6) is 11.5 Å². The molecule has 0 N–H and O–H groups in total. The summed E-state index contributed by atoms with van der Waals surface area (Å²) < 4.78 is 11.1. The number of hydrogen-bond donors (Lipinski definition) is 0. The molecule has 5 heteroatoms. The Morgan fingerprint density at radius 2 is 1.50 bits per heavy atom. The number of halogens is 3. The van der Waals surface area contributed by atoms with E-state index in [1.54, 1.807) is 31.4 Å². The molecule has 0 spiro atoms. The topological polar surface area (TPSA) is 18.5 Å². The average molecular weight is 332 g/mol. The SMILES string of the molecule is COc1ccc(Cl)cc1COc1ccc(Cl)cc1CCl. The van der Waals surface area contributed by atoms with Crippen molar-refractivity contribution in [3.8, 4) is 11.5 Å². The molecule has 2 rings (SSSR count). The lowest BCUT2D eigenvalue weighted by Crippen LogP contribution is -2.00. The Morgan fingerprint density at radius 3 is 2.10 bits per heavy atom. The van der Waals surface area contributed by atoms with E-state index in [0.717, 1.165) is 16.9 Å². The van der Waals surface area contributed by atoms with E-state index < -0.39 is 0 Å². The summed E-state index contributed by atoms with van der Waals surface area (Å²) in [5.74, 6) is 1.77. The number of ether oxygens (including phenoxy) is 2. The van der Waals surface area contributed by atoms with E-state index in [1.165, 1.54) is 0 Å². The van der Waals surface area contributed by atoms with Crippen LogP contribution in [0.4, 0.5) is 0 Å². The summed E-state index contributed by atoms with van der Waals surface area (Å²) in [6.45, 7) is 0.343. The van der Waals surface area contributed by atoms with Gasteiger partial charge in [-0.3, -0.25) is 0 Å². The van der Waals surface area contributed by atoms with E-state index in [9.17, 15) is 0 Å². The molecule has 2 aromatic carbocycles. The first-order chi connectivity index (χ1) is 9.63. The molecule has 0 saturated heterocycles. The van der Waals surface area contributed by atoms with Crippen molar-refractivity contribution in [2.24, 2.45) is 0 Å². The molecule has 0 aromatic heterocycles. The van der Waals surface area contributed by atoms with Gasteiger partial charge >= 0.3 is 0 Å². The largest absolute Gasteiger partial charge is 0.496 e. The van der Waals surface area contributed by atoms with Gasteiger partial charge in [-0.2, -0.15) is 0 Å². The third-order valence-corrected chi connectivity index (χ3v) is 3.55. The highest BCUT2D eigenvalue weighted by Gasteiger charge is 2.08. The summed E-state index contributed by atoms with van der Waals surface area (Å²) in [5.41, 5.74) is 1.72. The van der Waals surface area contributed by atoms with Crippen LogP contribution in [0.3, 0.4) is 0 Å². The van der Waals surface area contributed by atoms with Gasteiger partial charge in [-0.05, 0) is 36.4 Å². The summed E-state index contributed by atoms with van der Waals surface area (Å²) in [6, 6.07) is 10.8. The van der Waals surface area contributed by atoms with Crippen molar-refractivity contribution in [3.63, 3.8) is 0 Å². The summed E-state index contributed by atoms with van der Waals surface area (Å²) in [5, 5.41) is 1.27. The number of rotatable bonds is 5. The fraction of sp³-hybridized carbons (Fsp3) is 0.200. The van der Waals surface area contributed by atoms with Gasteiger partial charge in [-0.25, -0.2) is 0 Å². The molecule has 0 heterocycles. The van der Waals surface area contributed by atoms with Gasteiger partial charge in [-0.1, -0.05) is 23.2 Å². The van der Waals surface area contributed by atoms with Crippen LogP contribution in [-0.4, -0.2) is 7.11 Å². The minimum absolute atomic E-state index is 0.336. The quantitative estimate of drug-likeness (QED) is 0.690. The predicted octanol–water partition coefficient (Wildman–Crippen LogP) is 5.32. The molecule has 0 aliphatic heterocycles. The maximum Gasteiger partial charge on any atom is 0.125 e. The monoisotopic (exact) mass is 330 g/mol. The molecule has 20 heavy (non-hydrogen) atoms. The number of hydrogen-bond acceptors (Lipinski definition) is 2. The normalized spacial score (nSPS) is 10.4. The lowest BCUT2D eigenvalue weighted by molar-refractivity contribution is 0.294. The Labute approximate surface area is 133 Å². The summed E-state index contributed by atoms with van der Waals surface area (Å²) in [6.07, 6.45) is 0. The van der Waals surface area contributed by atoms with E-state index >= 15 is 0 Å². The molecule has 0 unspecified atom stereocenters. The summed E-state index contributed by atoms with van der Waals surface area (Å²) in [4.78, 5) is 0. The van der Waals surface area contributed by atoms with Crippen molar-refractivity contribution < 1.29 is 9.47 Å². The van der Waals surface area contributed by atoms with Gasteiger partial charge in [0.25, 0.3) is 0 Å². The highest BCUT2D eigenvalue weighted by Crippen LogP contribution is 2.28. The molecule has 0 fully saturated rings. The Balaban J connectivity index is 2.18. The maximum absolute atomic E-state index is 5.99. The van der Waals surface area contributed by atoms with Crippen molar-refractivity contribution in [3.05, 3.63) is 57.6 Å². The van der Waals surface area contributed by atoms with Crippen molar-refractivity contribution >= 4 is 34.8 Å². The number of alkyl halides is 1. The van der Waals surface area contributed by atoms with Crippen molar-refractivity contribution in [1.82, 2.24) is 0 Å². The molecule has 0 saturated carbocycles. The molecule has 0 aliphatic rings. The van der Waals surface area contributed by atoms with Crippen LogP contribution in [0, 0.1) is 0 Å². The second-order valence-electron chi connectivity index (χ2n) is 4.13. The first kappa shape index (κ1) is 15.3. The van der Waals surface area contributed by atoms with E-state index in [0.29, 0.717) is 28.3 Å². The maximum atomic E-state index is 5.99. The molecule has 0 aliphatic carbocycles. The standard InChI is InChI=1S/C15H13Cl3O2/c1-19-14-4-2-13(18)7-11(14)9-20-15-5-3-12(17)6-10(15)8-16/h2-7H,8-9H2,1H3. The van der Waals surface area contributed by atoms with Gasteiger partial charge < -0.3 is 9.47 Å². The Bertz CT molecular complexity index is 600. The lowest BCUT2D eigenvalue weighted by atomic mass is 10.2. The Kier molecular flexibility index (Phi) is 5.41. The number of benzene rings is 2. The van der Waals surface area contributed by atoms with Gasteiger partial charge in [0.1, 0.15) is 18.1 Å². The fourth-order valence-electron chi connectivity index (χ4n) is 1.81. The van der Waals surface area contributed by atoms with E-state index in [2.05, 4.69) is 0 Å². The Morgan fingerprint density at radius 1 is 0.900 bits per heavy atom. The zero-order chi connectivity index (χ0) is 14.5. The van der Waals surface area contributed by atoms with Crippen LogP contribution in [0.25, 0.3) is 0 Å². The number of methoxy groups -OCH3 is 1. The minimum atomic E-state index is 0.336. The predicted molar refractivity (Wildman–Crippen MR) is 83.3 cm³/mol. The summed E-state index contributed by atoms with van der Waals surface area (Å²) in [7, 11) is 1.61. The van der Waals surface area contributed by atoms with E-state index in [1.807, 2.05) is 12.1 Å². The third-order valence-electron chi connectivity index (χ3n) is 2.79. The molecular formula is C15H13Cl3O2. The molecule has 0 bridgehead atoms. The Hall–Kier alpha value is -1.09. The van der Waals surface area contributed by atoms with Crippen LogP contribution in [0.2, 0.25) is 10.0 Å². The first-order valence-electron chi connectivity index (χ1n) is 5.93. The second-order valence-corrected chi connectivity index (χ2v) is 5.27. The average Bonchev–Trinajstić information content (AvgIpc) is 2.46. The lowest BCUT2D eigenvalue weighted by Gasteiger charge is -2.13. The van der Waals surface area contributed by atoms with Crippen molar-refractivity contribution in [1.29, 1.82) is 0 Å². The molecular weight excluding hydrogens is 319 g/mol. The van der Waals surface area contributed by atoms with Crippen LogP contribution in [0.1, 0.15) is 11.1 Å². The first-order valence-corrected chi connectivity index (χ1v) is 7.22. The van der Waals surface area contributed by atoms with Crippen molar-refractivity contribution in [2.75, 3.05) is 7.11 Å². The van der Waals surface area contributed by atoms with Crippen LogP contribution in [0.15, 0.2) is 36.4 Å². The smallest absolute Gasteiger partial charge is 0.125 e. The van der Waals surface area contributed by atoms with E-state index in [-0.39, 0.29) is 0 Å². The van der Waals surface area contributed by atoms with Gasteiger partial charge in [0, 0.05) is 21.2 Å². The zero-order valence-electron chi connectivity index (χ0n) is 10.8. The molecule has 0 radical (unpaired) electrons. The van der Waals surface area contributed by atoms with Gasteiger partial charge in [0.2, 0.25) is 0 Å². The van der Waals surface area contributed by atoms with Crippen LogP contribution < -0.4 is 9.47 Å². The highest BCUT2D eigenvalue weighted by atomic mass is 35.5. The molecule has 2 nitrogen and oxygen atoms in total. The highest BCUT2D eigenvalue weighted by molar-refractivity contribution is 6.31. The fourth-order valence-corrected chi connectivity index (χ4v) is 2.41. The minimum Gasteiger partial charge on any atom is -0.496 e. The molecule has 0 amide bonds. The van der Waals surface area contributed by atoms with Gasteiger partial charge in [0.15, 0.2) is 0 Å². The van der Waals surface area contributed by atoms with Crippen molar-refractivity contribution in [2.45, 2.75) is 12.5 Å². The molecule has 2 aromatic rings. The van der Waals surface area contributed by atoms with Gasteiger partial charge in [-0.15, -0.1) is 11.6 Å². The van der Waals surface area contributed by atoms with Crippen LogP contribution in [-0.2, 0) is 12.5 Å². The molecule has 0 atom stereocenters. The third kappa shape index (κ3) is 3.72. The molecule has 106 valence electrons. The second kappa shape index (κ2) is 7.07. The van der Waals surface area contributed by atoms with Gasteiger partial charge in [0.05, 0.1) is 13.0 Å².